The molecule has 1 aromatic heterocycles. The van der Waals surface area contributed by atoms with Gasteiger partial charge in [0.25, 0.3) is 5.91 Å². The lowest BCUT2D eigenvalue weighted by atomic mass is 9.95. The molecule has 25 heavy (non-hydrogen) atoms. The maximum atomic E-state index is 12.9. The molecule has 6 nitrogen and oxygen atoms in total. The van der Waals surface area contributed by atoms with Gasteiger partial charge in [0.05, 0.1) is 18.2 Å². The molecule has 0 aliphatic carbocycles. The quantitative estimate of drug-likeness (QED) is 0.817. The zero-order chi connectivity index (χ0) is 18.0. The number of carbonyl (C=O) groups excluding carboxylic acids is 2. The molecule has 2 aromatic rings. The molecule has 3 rings (SSSR count). The Bertz CT molecular complexity index is 821. The highest BCUT2D eigenvalue weighted by Crippen LogP contribution is 2.38. The third-order valence-electron chi connectivity index (χ3n) is 4.16. The highest BCUT2D eigenvalue weighted by atomic mass is 16.5. The standard InChI is InChI=1S/C19H19NO5/c1-12-8-9-14(25-12)17(21)15-16(13-6-4-3-5-7-13)20(10-11-24-2)19(23)18(15)22/h3-9,16,22H,10-11H2,1-2H3/t16-/m1/s1. The smallest absolute Gasteiger partial charge is 0.290 e. The number of Topliss-reactive ketones (excluding diaryl/α,β-unsaturated/α-hetero) is 1. The first-order valence-corrected chi connectivity index (χ1v) is 7.93. The van der Waals surface area contributed by atoms with Crippen LogP contribution < -0.4 is 0 Å². The first kappa shape index (κ1) is 17.0. The van der Waals surface area contributed by atoms with Gasteiger partial charge in [0.2, 0.25) is 5.78 Å². The summed E-state index contributed by atoms with van der Waals surface area (Å²) in [6, 6.07) is 11.7. The van der Waals surface area contributed by atoms with Gasteiger partial charge in [-0.25, -0.2) is 0 Å². The molecule has 1 atom stereocenters. The van der Waals surface area contributed by atoms with Crippen LogP contribution in [0.1, 0.15) is 27.9 Å². The number of amides is 1. The van der Waals surface area contributed by atoms with E-state index in [2.05, 4.69) is 0 Å². The molecule has 0 saturated carbocycles. The number of rotatable bonds is 6. The van der Waals surface area contributed by atoms with Crippen LogP contribution in [-0.4, -0.2) is 42.0 Å². The Hall–Kier alpha value is -2.86. The second kappa shape index (κ2) is 6.94. The van der Waals surface area contributed by atoms with E-state index in [-0.39, 0.29) is 17.9 Å². The summed E-state index contributed by atoms with van der Waals surface area (Å²) >= 11 is 0. The van der Waals surface area contributed by atoms with E-state index < -0.39 is 23.5 Å². The Morgan fingerprint density at radius 2 is 1.96 bits per heavy atom. The number of ketones is 1. The first-order chi connectivity index (χ1) is 12.0. The predicted octanol–water partition coefficient (Wildman–Crippen LogP) is 2.81. The molecule has 0 radical (unpaired) electrons. The number of hydrogen-bond acceptors (Lipinski definition) is 5. The molecule has 1 N–H and O–H groups in total. The SMILES string of the molecule is COCCN1C(=O)C(O)=C(C(=O)c2ccc(C)o2)[C@H]1c1ccccc1. The molecule has 0 spiro atoms. The Morgan fingerprint density at radius 1 is 1.24 bits per heavy atom. The van der Waals surface area contributed by atoms with Crippen LogP contribution in [0.25, 0.3) is 0 Å². The van der Waals surface area contributed by atoms with Crippen molar-refractivity contribution < 1.29 is 23.8 Å². The lowest BCUT2D eigenvalue weighted by Gasteiger charge is -2.26. The number of furan rings is 1. The van der Waals surface area contributed by atoms with Crippen molar-refractivity contribution in [1.29, 1.82) is 0 Å². The number of carbonyl (C=O) groups is 2. The van der Waals surface area contributed by atoms with Crippen molar-refractivity contribution in [2.75, 3.05) is 20.3 Å². The van der Waals surface area contributed by atoms with Crippen molar-refractivity contribution in [3.63, 3.8) is 0 Å². The van der Waals surface area contributed by atoms with Crippen LogP contribution in [0.4, 0.5) is 0 Å². The molecule has 1 aromatic carbocycles. The van der Waals surface area contributed by atoms with Gasteiger partial charge in [-0.2, -0.15) is 0 Å². The summed E-state index contributed by atoms with van der Waals surface area (Å²) in [5, 5.41) is 10.4. The minimum atomic E-state index is -0.679. The molecule has 0 bridgehead atoms. The fraction of sp³-hybridized carbons (Fsp3) is 0.263. The summed E-state index contributed by atoms with van der Waals surface area (Å²) in [5.74, 6) is -0.934. The van der Waals surface area contributed by atoms with Crippen molar-refractivity contribution >= 4 is 11.7 Å². The number of ether oxygens (including phenoxy) is 1. The Kier molecular flexibility index (Phi) is 4.72. The number of aliphatic hydroxyl groups excluding tert-OH is 1. The molecular formula is C19H19NO5. The van der Waals surface area contributed by atoms with Gasteiger partial charge in [0, 0.05) is 13.7 Å². The average Bonchev–Trinajstić information content (AvgIpc) is 3.16. The van der Waals surface area contributed by atoms with E-state index in [1.54, 1.807) is 19.1 Å². The summed E-state index contributed by atoms with van der Waals surface area (Å²) in [6.07, 6.45) is 0. The highest BCUT2D eigenvalue weighted by molar-refractivity contribution is 6.15. The number of benzene rings is 1. The topological polar surface area (TPSA) is 80.0 Å². The number of methoxy groups -OCH3 is 1. The third-order valence-corrected chi connectivity index (χ3v) is 4.16. The van der Waals surface area contributed by atoms with E-state index in [0.29, 0.717) is 12.4 Å². The number of aliphatic hydroxyl groups is 1. The van der Waals surface area contributed by atoms with E-state index >= 15 is 0 Å². The second-order valence-electron chi connectivity index (χ2n) is 5.81. The molecule has 0 fully saturated rings. The second-order valence-corrected chi connectivity index (χ2v) is 5.81. The van der Waals surface area contributed by atoms with E-state index in [0.717, 1.165) is 5.56 Å². The Labute approximate surface area is 145 Å². The van der Waals surface area contributed by atoms with Crippen molar-refractivity contribution in [2.45, 2.75) is 13.0 Å². The summed E-state index contributed by atoms with van der Waals surface area (Å²) < 4.78 is 10.5. The molecule has 2 heterocycles. The normalized spacial score (nSPS) is 17.4. The van der Waals surface area contributed by atoms with Crippen molar-refractivity contribution in [2.24, 2.45) is 0 Å². The van der Waals surface area contributed by atoms with Gasteiger partial charge in [0.15, 0.2) is 11.5 Å². The Balaban J connectivity index is 2.06. The molecule has 1 aliphatic rings. The van der Waals surface area contributed by atoms with Crippen molar-refractivity contribution in [3.05, 3.63) is 70.9 Å². The zero-order valence-electron chi connectivity index (χ0n) is 14.1. The minimum absolute atomic E-state index is 0.0293. The lowest BCUT2D eigenvalue weighted by Crippen LogP contribution is -2.33. The van der Waals surface area contributed by atoms with Gasteiger partial charge >= 0.3 is 0 Å². The van der Waals surface area contributed by atoms with Crippen LogP contribution >= 0.6 is 0 Å². The van der Waals surface area contributed by atoms with Crippen LogP contribution in [-0.2, 0) is 9.53 Å². The summed E-state index contributed by atoms with van der Waals surface area (Å²) in [6.45, 7) is 2.28. The van der Waals surface area contributed by atoms with E-state index in [4.69, 9.17) is 9.15 Å². The molecule has 0 saturated heterocycles. The summed E-state index contributed by atoms with van der Waals surface area (Å²) in [4.78, 5) is 26.9. The monoisotopic (exact) mass is 341 g/mol. The molecule has 130 valence electrons. The summed E-state index contributed by atoms with van der Waals surface area (Å²) in [7, 11) is 1.53. The van der Waals surface area contributed by atoms with Gasteiger partial charge in [-0.1, -0.05) is 30.3 Å². The summed E-state index contributed by atoms with van der Waals surface area (Å²) in [5.41, 5.74) is 0.768. The lowest BCUT2D eigenvalue weighted by molar-refractivity contribution is -0.130. The fourth-order valence-electron chi connectivity index (χ4n) is 2.98. The first-order valence-electron chi connectivity index (χ1n) is 7.93. The number of aryl methyl sites for hydroxylation is 1. The van der Waals surface area contributed by atoms with E-state index in [1.807, 2.05) is 30.3 Å². The maximum Gasteiger partial charge on any atom is 0.290 e. The number of hydrogen-bond donors (Lipinski definition) is 1. The van der Waals surface area contributed by atoms with Crippen LogP contribution in [0.3, 0.4) is 0 Å². The number of nitrogens with zero attached hydrogens (tertiary/aromatic N) is 1. The molecule has 1 amide bonds. The van der Waals surface area contributed by atoms with E-state index in [1.165, 1.54) is 12.0 Å². The highest BCUT2D eigenvalue weighted by Gasteiger charge is 2.44. The van der Waals surface area contributed by atoms with Gasteiger partial charge in [-0.05, 0) is 24.6 Å². The maximum absolute atomic E-state index is 12.9. The third kappa shape index (κ3) is 3.08. The van der Waals surface area contributed by atoms with Crippen LogP contribution in [0.5, 0.6) is 0 Å². The predicted molar refractivity (Wildman–Crippen MR) is 90.2 cm³/mol. The average molecular weight is 341 g/mol. The van der Waals surface area contributed by atoms with Gasteiger partial charge in [-0.15, -0.1) is 0 Å². The molecular weight excluding hydrogens is 322 g/mol. The minimum Gasteiger partial charge on any atom is -0.503 e. The molecule has 0 unspecified atom stereocenters. The van der Waals surface area contributed by atoms with Gasteiger partial charge in [0.1, 0.15) is 5.76 Å². The van der Waals surface area contributed by atoms with Crippen LogP contribution in [0.2, 0.25) is 0 Å². The Morgan fingerprint density at radius 3 is 2.56 bits per heavy atom. The van der Waals surface area contributed by atoms with Gasteiger partial charge in [-0.3, -0.25) is 9.59 Å². The van der Waals surface area contributed by atoms with E-state index in [9.17, 15) is 14.7 Å². The molecule has 1 aliphatic heterocycles. The van der Waals surface area contributed by atoms with Crippen LogP contribution in [0.15, 0.2) is 58.2 Å². The molecule has 6 heteroatoms. The largest absolute Gasteiger partial charge is 0.503 e. The van der Waals surface area contributed by atoms with Crippen LogP contribution in [0, 0.1) is 6.92 Å². The zero-order valence-corrected chi connectivity index (χ0v) is 14.1. The van der Waals surface area contributed by atoms with Crippen molar-refractivity contribution in [3.8, 4) is 0 Å². The van der Waals surface area contributed by atoms with Gasteiger partial charge < -0.3 is 19.2 Å². The van der Waals surface area contributed by atoms with Crippen molar-refractivity contribution in [1.82, 2.24) is 4.90 Å². The fourth-order valence-corrected chi connectivity index (χ4v) is 2.98.